The van der Waals surface area contributed by atoms with Crippen LogP contribution in [0.1, 0.15) is 29.9 Å². The molecule has 28 heavy (non-hydrogen) atoms. The maximum atomic E-state index is 13.3. The molecule has 142 valence electrons. The quantitative estimate of drug-likeness (QED) is 0.602. The third kappa shape index (κ3) is 2.68. The van der Waals surface area contributed by atoms with Crippen LogP contribution in [0, 0.1) is 0 Å². The summed E-state index contributed by atoms with van der Waals surface area (Å²) in [6.07, 6.45) is 2.34. The largest absolute Gasteiger partial charge is 0.418 e. The van der Waals surface area contributed by atoms with Crippen LogP contribution in [0.5, 0.6) is 0 Å². The zero-order valence-electron chi connectivity index (χ0n) is 14.6. The van der Waals surface area contributed by atoms with E-state index in [1.54, 1.807) is 0 Å². The molecule has 1 fully saturated rings. The summed E-state index contributed by atoms with van der Waals surface area (Å²) in [6.45, 7) is -0.0475. The Balaban J connectivity index is 1.43. The van der Waals surface area contributed by atoms with E-state index < -0.39 is 11.6 Å². The summed E-state index contributed by atoms with van der Waals surface area (Å²) in [5, 5.41) is 11.0. The van der Waals surface area contributed by atoms with E-state index in [1.165, 1.54) is 16.2 Å². The number of hydrogen-bond donors (Lipinski definition) is 1. The Morgan fingerprint density at radius 2 is 2.07 bits per heavy atom. The van der Waals surface area contributed by atoms with Crippen molar-refractivity contribution in [2.45, 2.75) is 31.3 Å². The molecule has 3 aromatic rings. The Kier molecular flexibility index (Phi) is 4.09. The summed E-state index contributed by atoms with van der Waals surface area (Å²) in [5.74, 6) is 0.336. The molecular formula is C19H15BrN4O3S. The van der Waals surface area contributed by atoms with Gasteiger partial charge in [-0.2, -0.15) is 0 Å². The molecule has 5 rings (SSSR count). The lowest BCUT2D eigenvalue weighted by Crippen LogP contribution is -2.46. The number of halogens is 1. The number of nitrogens with zero attached hydrogens (tertiary/aromatic N) is 3. The Morgan fingerprint density at radius 3 is 2.89 bits per heavy atom. The number of hydrogen-bond acceptors (Lipinski definition) is 6. The van der Waals surface area contributed by atoms with Gasteiger partial charge in [0.2, 0.25) is 5.89 Å². The maximum Gasteiger partial charge on any atom is 0.325 e. The van der Waals surface area contributed by atoms with Crippen LogP contribution in [0.4, 0.5) is 4.79 Å². The first-order chi connectivity index (χ1) is 13.6. The zero-order chi connectivity index (χ0) is 19.3. The van der Waals surface area contributed by atoms with E-state index in [0.29, 0.717) is 12.3 Å². The molecule has 0 radical (unpaired) electrons. The third-order valence-electron chi connectivity index (χ3n) is 5.19. The Hall–Kier alpha value is -2.52. The second-order valence-corrected chi connectivity index (χ2v) is 9.31. The average Bonchev–Trinajstić information content (AvgIpc) is 3.39. The summed E-state index contributed by atoms with van der Waals surface area (Å²) in [6, 6.07) is 11.1. The average molecular weight is 459 g/mol. The van der Waals surface area contributed by atoms with Crippen LogP contribution in [0.25, 0.3) is 10.8 Å². The fourth-order valence-corrected chi connectivity index (χ4v) is 5.24. The molecule has 1 atom stereocenters. The highest BCUT2D eigenvalue weighted by molar-refractivity contribution is 9.11. The summed E-state index contributed by atoms with van der Waals surface area (Å²) >= 11 is 4.87. The van der Waals surface area contributed by atoms with Crippen molar-refractivity contribution >= 4 is 39.2 Å². The molecule has 1 aliphatic heterocycles. The van der Waals surface area contributed by atoms with Crippen molar-refractivity contribution < 1.29 is 14.0 Å². The molecule has 2 aromatic heterocycles. The highest BCUT2D eigenvalue weighted by Gasteiger charge is 2.54. The number of amides is 3. The fraction of sp³-hybridized carbons (Fsp3) is 0.263. The minimum Gasteiger partial charge on any atom is -0.418 e. The number of thiophene rings is 1. The molecule has 7 nitrogen and oxygen atoms in total. The topological polar surface area (TPSA) is 88.3 Å². The third-order valence-corrected chi connectivity index (χ3v) is 6.81. The SMILES string of the molecule is O=C1N[C@@]2(CCCc3ccccc32)C(=O)N1Cc1nnc(-c2ccc(Br)s2)o1. The monoisotopic (exact) mass is 458 g/mol. The molecule has 1 spiro atoms. The predicted octanol–water partition coefficient (Wildman–Crippen LogP) is 3.84. The maximum absolute atomic E-state index is 13.3. The highest BCUT2D eigenvalue weighted by Crippen LogP contribution is 2.40. The van der Waals surface area contributed by atoms with Gasteiger partial charge in [0.15, 0.2) is 0 Å². The summed E-state index contributed by atoms with van der Waals surface area (Å²) < 4.78 is 6.63. The number of carbonyl (C=O) groups is 2. The van der Waals surface area contributed by atoms with Crippen LogP contribution >= 0.6 is 27.3 Å². The van der Waals surface area contributed by atoms with Crippen LogP contribution < -0.4 is 5.32 Å². The van der Waals surface area contributed by atoms with Gasteiger partial charge in [0.05, 0.1) is 8.66 Å². The second kappa shape index (κ2) is 6.52. The number of carbonyl (C=O) groups excluding carboxylic acids is 2. The van der Waals surface area contributed by atoms with Gasteiger partial charge < -0.3 is 9.73 Å². The zero-order valence-corrected chi connectivity index (χ0v) is 17.0. The Morgan fingerprint density at radius 1 is 1.21 bits per heavy atom. The smallest absolute Gasteiger partial charge is 0.325 e. The molecule has 1 N–H and O–H groups in total. The predicted molar refractivity (Wildman–Crippen MR) is 105 cm³/mol. The summed E-state index contributed by atoms with van der Waals surface area (Å²) in [5.41, 5.74) is 0.997. The second-order valence-electron chi connectivity index (χ2n) is 6.84. The molecule has 9 heteroatoms. The van der Waals surface area contributed by atoms with E-state index in [-0.39, 0.29) is 18.3 Å². The van der Waals surface area contributed by atoms with Crippen molar-refractivity contribution in [3.63, 3.8) is 0 Å². The number of imide groups is 1. The van der Waals surface area contributed by atoms with Crippen molar-refractivity contribution in [3.05, 3.63) is 57.2 Å². The molecule has 1 aliphatic carbocycles. The number of urea groups is 1. The van der Waals surface area contributed by atoms with Gasteiger partial charge in [0.1, 0.15) is 12.1 Å². The first-order valence-electron chi connectivity index (χ1n) is 8.87. The fourth-order valence-electron chi connectivity index (χ4n) is 3.94. The van der Waals surface area contributed by atoms with Crippen molar-refractivity contribution in [2.24, 2.45) is 0 Å². The lowest BCUT2D eigenvalue weighted by molar-refractivity contribution is -0.132. The molecule has 0 saturated carbocycles. The standard InChI is InChI=1S/C19H15BrN4O3S/c20-14-8-7-13(28-14)16-23-22-15(27-16)10-24-17(25)19(21-18(24)26)9-3-5-11-4-1-2-6-12(11)19/h1-2,4,6-8H,3,5,9-10H2,(H,21,26)/t19-/m1/s1. The molecule has 2 aliphatic rings. The minimum atomic E-state index is -0.993. The van der Waals surface area contributed by atoms with E-state index >= 15 is 0 Å². The number of benzene rings is 1. The number of aryl methyl sites for hydroxylation is 1. The van der Waals surface area contributed by atoms with E-state index in [0.717, 1.165) is 32.6 Å². The number of fused-ring (bicyclic) bond motifs is 2. The van der Waals surface area contributed by atoms with Gasteiger partial charge >= 0.3 is 6.03 Å². The van der Waals surface area contributed by atoms with Crippen LogP contribution in [0.15, 0.2) is 44.6 Å². The number of rotatable bonds is 3. The molecule has 3 heterocycles. The molecule has 0 bridgehead atoms. The van der Waals surface area contributed by atoms with Crippen molar-refractivity contribution in [1.29, 1.82) is 0 Å². The van der Waals surface area contributed by atoms with E-state index in [2.05, 4.69) is 31.4 Å². The van der Waals surface area contributed by atoms with Crippen LogP contribution in [0.3, 0.4) is 0 Å². The normalized spacial score (nSPS) is 21.2. The summed E-state index contributed by atoms with van der Waals surface area (Å²) in [4.78, 5) is 27.9. The van der Waals surface area contributed by atoms with E-state index in [4.69, 9.17) is 4.42 Å². The van der Waals surface area contributed by atoms with E-state index in [1.807, 2.05) is 36.4 Å². The van der Waals surface area contributed by atoms with Crippen LogP contribution in [-0.4, -0.2) is 27.0 Å². The van der Waals surface area contributed by atoms with Gasteiger partial charge in [0.25, 0.3) is 11.8 Å². The molecule has 1 saturated heterocycles. The van der Waals surface area contributed by atoms with Crippen molar-refractivity contribution in [2.75, 3.05) is 0 Å². The van der Waals surface area contributed by atoms with Crippen molar-refractivity contribution in [1.82, 2.24) is 20.4 Å². The lowest BCUT2D eigenvalue weighted by Gasteiger charge is -2.33. The van der Waals surface area contributed by atoms with Gasteiger partial charge in [-0.05, 0) is 58.5 Å². The number of aromatic nitrogens is 2. The first kappa shape index (κ1) is 17.6. The Labute approximate surface area is 172 Å². The minimum absolute atomic E-state index is 0.0475. The van der Waals surface area contributed by atoms with Gasteiger partial charge in [-0.1, -0.05) is 24.3 Å². The summed E-state index contributed by atoms with van der Waals surface area (Å²) in [7, 11) is 0. The Bertz CT molecular complexity index is 1090. The van der Waals surface area contributed by atoms with Crippen LogP contribution in [-0.2, 0) is 23.3 Å². The van der Waals surface area contributed by atoms with Gasteiger partial charge in [0, 0.05) is 0 Å². The number of nitrogens with one attached hydrogen (secondary N) is 1. The van der Waals surface area contributed by atoms with Gasteiger partial charge in [-0.25, -0.2) is 4.79 Å². The molecule has 3 amide bonds. The van der Waals surface area contributed by atoms with Gasteiger partial charge in [-0.15, -0.1) is 21.5 Å². The lowest BCUT2D eigenvalue weighted by atomic mass is 9.76. The van der Waals surface area contributed by atoms with Crippen LogP contribution in [0.2, 0.25) is 0 Å². The van der Waals surface area contributed by atoms with Gasteiger partial charge in [-0.3, -0.25) is 9.69 Å². The highest BCUT2D eigenvalue weighted by atomic mass is 79.9. The molecule has 0 unspecified atom stereocenters. The van der Waals surface area contributed by atoms with Crippen molar-refractivity contribution in [3.8, 4) is 10.8 Å². The molecular weight excluding hydrogens is 444 g/mol. The van der Waals surface area contributed by atoms with E-state index in [9.17, 15) is 9.59 Å². The molecule has 1 aromatic carbocycles. The first-order valence-corrected chi connectivity index (χ1v) is 10.5.